The van der Waals surface area contributed by atoms with Crippen LogP contribution in [-0.2, 0) is 4.79 Å². The molecular formula is C19H20ClN3O6. The van der Waals surface area contributed by atoms with E-state index in [4.69, 9.17) is 21.1 Å². The third kappa shape index (κ3) is 6.08. The largest absolute Gasteiger partial charge is 0.493 e. The van der Waals surface area contributed by atoms with Gasteiger partial charge in [-0.1, -0.05) is 11.6 Å². The minimum atomic E-state index is -0.636. The van der Waals surface area contributed by atoms with Crippen LogP contribution in [0, 0.1) is 10.1 Å². The van der Waals surface area contributed by atoms with Crippen molar-refractivity contribution in [3.8, 4) is 11.5 Å². The molecule has 0 aromatic heterocycles. The SMILES string of the molecule is COc1cc(C(=O)Nc2ccc(Cl)c([N+](=O)[O-])c2)ccc1OCC(=O)NC(C)C. The Kier molecular flexibility index (Phi) is 7.38. The minimum absolute atomic E-state index is 0.0113. The van der Waals surface area contributed by atoms with Crippen LogP contribution in [0.1, 0.15) is 24.2 Å². The van der Waals surface area contributed by atoms with Gasteiger partial charge in [0.25, 0.3) is 17.5 Å². The number of anilines is 1. The molecule has 0 saturated carbocycles. The Morgan fingerprint density at radius 1 is 1.17 bits per heavy atom. The molecule has 0 aliphatic heterocycles. The van der Waals surface area contributed by atoms with Crippen LogP contribution >= 0.6 is 11.6 Å². The summed E-state index contributed by atoms with van der Waals surface area (Å²) >= 11 is 5.77. The lowest BCUT2D eigenvalue weighted by atomic mass is 10.1. The molecule has 0 saturated heterocycles. The first kappa shape index (κ1) is 22.0. The van der Waals surface area contributed by atoms with Crippen LogP contribution < -0.4 is 20.1 Å². The van der Waals surface area contributed by atoms with Gasteiger partial charge in [-0.2, -0.15) is 0 Å². The maximum atomic E-state index is 12.5. The number of nitrogens with zero attached hydrogens (tertiary/aromatic N) is 1. The second-order valence-corrected chi connectivity index (χ2v) is 6.66. The van der Waals surface area contributed by atoms with Crippen molar-refractivity contribution in [1.29, 1.82) is 0 Å². The maximum absolute atomic E-state index is 12.5. The molecule has 2 N–H and O–H groups in total. The van der Waals surface area contributed by atoms with E-state index in [0.29, 0.717) is 5.75 Å². The average Bonchev–Trinajstić information content (AvgIpc) is 2.66. The van der Waals surface area contributed by atoms with Crippen LogP contribution in [0.25, 0.3) is 0 Å². The van der Waals surface area contributed by atoms with Crippen LogP contribution in [0.5, 0.6) is 11.5 Å². The number of nitro benzene ring substituents is 1. The molecule has 154 valence electrons. The Hall–Kier alpha value is -3.33. The predicted octanol–water partition coefficient (Wildman–Crippen LogP) is 3.41. The summed E-state index contributed by atoms with van der Waals surface area (Å²) in [7, 11) is 1.40. The molecule has 0 aliphatic carbocycles. The van der Waals surface area contributed by atoms with Gasteiger partial charge in [-0.3, -0.25) is 19.7 Å². The van der Waals surface area contributed by atoms with E-state index in [1.807, 2.05) is 13.8 Å². The van der Waals surface area contributed by atoms with Gasteiger partial charge in [-0.25, -0.2) is 0 Å². The number of hydrogen-bond donors (Lipinski definition) is 2. The summed E-state index contributed by atoms with van der Waals surface area (Å²) in [5.41, 5.74) is 0.139. The molecule has 2 aromatic carbocycles. The van der Waals surface area contributed by atoms with E-state index >= 15 is 0 Å². The summed E-state index contributed by atoms with van der Waals surface area (Å²) in [6, 6.07) is 8.36. The number of halogens is 1. The highest BCUT2D eigenvalue weighted by Gasteiger charge is 2.16. The Balaban J connectivity index is 2.12. The highest BCUT2D eigenvalue weighted by atomic mass is 35.5. The van der Waals surface area contributed by atoms with Gasteiger partial charge in [0.05, 0.1) is 12.0 Å². The van der Waals surface area contributed by atoms with E-state index in [0.717, 1.165) is 0 Å². The van der Waals surface area contributed by atoms with Gasteiger partial charge in [-0.05, 0) is 44.2 Å². The Labute approximate surface area is 172 Å². The molecule has 0 fully saturated rings. The summed E-state index contributed by atoms with van der Waals surface area (Å²) in [5.74, 6) is -0.237. The van der Waals surface area contributed by atoms with Crippen LogP contribution in [0.3, 0.4) is 0 Å². The van der Waals surface area contributed by atoms with Crippen LogP contribution in [0.15, 0.2) is 36.4 Å². The summed E-state index contributed by atoms with van der Waals surface area (Å²) < 4.78 is 10.7. The number of carbonyl (C=O) groups is 2. The van der Waals surface area contributed by atoms with Crippen molar-refractivity contribution in [2.24, 2.45) is 0 Å². The van der Waals surface area contributed by atoms with Crippen molar-refractivity contribution in [3.63, 3.8) is 0 Å². The standard InChI is InChI=1S/C19H20ClN3O6/c1-11(2)21-18(24)10-29-16-7-4-12(8-17(16)28-3)19(25)22-13-5-6-14(20)15(9-13)23(26)27/h4-9,11H,10H2,1-3H3,(H,21,24)(H,22,25). The zero-order chi connectivity index (χ0) is 21.6. The molecule has 2 amide bonds. The number of benzene rings is 2. The van der Waals surface area contributed by atoms with E-state index in [-0.39, 0.29) is 46.3 Å². The van der Waals surface area contributed by atoms with Gasteiger partial charge in [0, 0.05) is 23.4 Å². The highest BCUT2D eigenvalue weighted by molar-refractivity contribution is 6.32. The third-order valence-corrected chi connectivity index (χ3v) is 3.95. The van der Waals surface area contributed by atoms with E-state index in [1.165, 1.54) is 43.5 Å². The fraction of sp³-hybridized carbons (Fsp3) is 0.263. The van der Waals surface area contributed by atoms with Gasteiger partial charge in [0.1, 0.15) is 5.02 Å². The highest BCUT2D eigenvalue weighted by Crippen LogP contribution is 2.30. The second kappa shape index (κ2) is 9.74. The summed E-state index contributed by atoms with van der Waals surface area (Å²) in [6.07, 6.45) is 0. The molecule has 0 aliphatic rings. The number of ether oxygens (including phenoxy) is 2. The first-order valence-electron chi connectivity index (χ1n) is 8.56. The van der Waals surface area contributed by atoms with Crippen LogP contribution in [-0.4, -0.2) is 36.5 Å². The van der Waals surface area contributed by atoms with E-state index in [2.05, 4.69) is 10.6 Å². The lowest BCUT2D eigenvalue weighted by Crippen LogP contribution is -2.34. The first-order valence-corrected chi connectivity index (χ1v) is 8.94. The van der Waals surface area contributed by atoms with E-state index in [9.17, 15) is 19.7 Å². The van der Waals surface area contributed by atoms with Crippen molar-refractivity contribution in [1.82, 2.24) is 5.32 Å². The van der Waals surface area contributed by atoms with Crippen molar-refractivity contribution in [2.75, 3.05) is 19.0 Å². The fourth-order valence-electron chi connectivity index (χ4n) is 2.37. The second-order valence-electron chi connectivity index (χ2n) is 6.25. The average molecular weight is 422 g/mol. The molecule has 0 radical (unpaired) electrons. The fourth-order valence-corrected chi connectivity index (χ4v) is 2.56. The van der Waals surface area contributed by atoms with Gasteiger partial charge >= 0.3 is 0 Å². The Morgan fingerprint density at radius 2 is 1.90 bits per heavy atom. The molecule has 0 bridgehead atoms. The van der Waals surface area contributed by atoms with Gasteiger partial charge in [0.15, 0.2) is 18.1 Å². The number of nitrogens with one attached hydrogen (secondary N) is 2. The number of rotatable bonds is 8. The molecule has 9 nitrogen and oxygen atoms in total. The van der Waals surface area contributed by atoms with Gasteiger partial charge in [0.2, 0.25) is 0 Å². The number of nitro groups is 1. The monoisotopic (exact) mass is 421 g/mol. The Morgan fingerprint density at radius 3 is 2.52 bits per heavy atom. The van der Waals surface area contributed by atoms with Gasteiger partial charge in [-0.15, -0.1) is 0 Å². The van der Waals surface area contributed by atoms with Crippen molar-refractivity contribution in [3.05, 3.63) is 57.1 Å². The number of methoxy groups -OCH3 is 1. The molecule has 0 heterocycles. The topological polar surface area (TPSA) is 120 Å². The Bertz CT molecular complexity index is 932. The third-order valence-electron chi connectivity index (χ3n) is 3.63. The molecule has 0 unspecified atom stereocenters. The molecule has 0 spiro atoms. The number of amides is 2. The number of carbonyl (C=O) groups excluding carboxylic acids is 2. The zero-order valence-electron chi connectivity index (χ0n) is 16.0. The van der Waals surface area contributed by atoms with Crippen molar-refractivity contribution in [2.45, 2.75) is 19.9 Å². The van der Waals surface area contributed by atoms with Crippen molar-refractivity contribution < 1.29 is 24.0 Å². The number of hydrogen-bond acceptors (Lipinski definition) is 6. The maximum Gasteiger partial charge on any atom is 0.289 e. The zero-order valence-corrected chi connectivity index (χ0v) is 16.8. The lowest BCUT2D eigenvalue weighted by Gasteiger charge is -2.13. The molecule has 0 atom stereocenters. The normalized spacial score (nSPS) is 10.4. The molecule has 2 rings (SSSR count). The molecule has 2 aromatic rings. The van der Waals surface area contributed by atoms with Gasteiger partial charge < -0.3 is 20.1 Å². The summed E-state index contributed by atoms with van der Waals surface area (Å²) in [6.45, 7) is 3.47. The molecule has 10 heteroatoms. The van der Waals surface area contributed by atoms with Crippen LogP contribution in [0.2, 0.25) is 5.02 Å². The minimum Gasteiger partial charge on any atom is -0.493 e. The predicted molar refractivity (Wildman–Crippen MR) is 108 cm³/mol. The van der Waals surface area contributed by atoms with E-state index < -0.39 is 10.8 Å². The molecule has 29 heavy (non-hydrogen) atoms. The summed E-state index contributed by atoms with van der Waals surface area (Å²) in [5, 5.41) is 16.2. The summed E-state index contributed by atoms with van der Waals surface area (Å²) in [4.78, 5) is 34.5. The first-order chi connectivity index (χ1) is 13.7. The quantitative estimate of drug-likeness (QED) is 0.497. The lowest BCUT2D eigenvalue weighted by molar-refractivity contribution is -0.384. The van der Waals surface area contributed by atoms with Crippen LogP contribution in [0.4, 0.5) is 11.4 Å². The molecular weight excluding hydrogens is 402 g/mol. The smallest absolute Gasteiger partial charge is 0.289 e. The van der Waals surface area contributed by atoms with E-state index in [1.54, 1.807) is 0 Å². The van der Waals surface area contributed by atoms with Crippen molar-refractivity contribution >= 4 is 34.8 Å².